The zero-order valence-electron chi connectivity index (χ0n) is 17.1. The van der Waals surface area contributed by atoms with Gasteiger partial charge in [-0.15, -0.1) is 0 Å². The molecule has 0 spiro atoms. The van der Waals surface area contributed by atoms with E-state index in [0.717, 1.165) is 42.4 Å². The summed E-state index contributed by atoms with van der Waals surface area (Å²) in [6.07, 6.45) is 1.18. The summed E-state index contributed by atoms with van der Waals surface area (Å²) in [7, 11) is -3.23. The van der Waals surface area contributed by atoms with E-state index in [9.17, 15) is 8.42 Å². The Balaban J connectivity index is 1.48. The van der Waals surface area contributed by atoms with Gasteiger partial charge >= 0.3 is 0 Å². The van der Waals surface area contributed by atoms with Crippen molar-refractivity contribution in [3.63, 3.8) is 0 Å². The fraction of sp³-hybridized carbons (Fsp3) is 0.182. The number of hydrogen-bond donors (Lipinski definition) is 4. The van der Waals surface area contributed by atoms with Crippen LogP contribution >= 0.6 is 0 Å². The predicted octanol–water partition coefficient (Wildman–Crippen LogP) is 2.40. The molecule has 1 saturated heterocycles. The van der Waals surface area contributed by atoms with Crippen LogP contribution in [0, 0.1) is 5.41 Å². The minimum atomic E-state index is -3.23. The number of aromatic nitrogens is 1. The molecule has 1 aliphatic rings. The molecule has 2 aromatic carbocycles. The summed E-state index contributed by atoms with van der Waals surface area (Å²) in [4.78, 5) is 9.99. The third-order valence-electron chi connectivity index (χ3n) is 4.96. The molecule has 31 heavy (non-hydrogen) atoms. The smallest absolute Gasteiger partial charge is 0.221 e. The molecular weight excluding hydrogens is 412 g/mol. The van der Waals surface area contributed by atoms with Crippen molar-refractivity contribution in [1.82, 2.24) is 10.3 Å². The van der Waals surface area contributed by atoms with Crippen LogP contribution in [-0.4, -0.2) is 45.4 Å². The molecule has 1 aliphatic heterocycles. The SMILES string of the molecule is CS(=O)(=O)c1ccc(-c2ccc/c(=N/C(=N)Nc3ccc(N4CCNC4)cc3)[nH]2)cc1. The maximum atomic E-state index is 11.6. The highest BCUT2D eigenvalue weighted by atomic mass is 32.2. The predicted molar refractivity (Wildman–Crippen MR) is 123 cm³/mol. The first-order valence-electron chi connectivity index (χ1n) is 9.84. The molecule has 0 radical (unpaired) electrons. The molecule has 0 amide bonds. The first kappa shape index (κ1) is 20.8. The number of rotatable bonds is 4. The Morgan fingerprint density at radius 3 is 2.45 bits per heavy atom. The van der Waals surface area contributed by atoms with Crippen LogP contribution in [0.5, 0.6) is 0 Å². The Bertz CT molecular complexity index is 1240. The summed E-state index contributed by atoms with van der Waals surface area (Å²) < 4.78 is 23.3. The Labute approximate surface area is 181 Å². The quantitative estimate of drug-likeness (QED) is 0.371. The molecule has 0 atom stereocenters. The number of sulfone groups is 1. The normalized spacial score (nSPS) is 14.6. The van der Waals surface area contributed by atoms with Crippen molar-refractivity contribution in [2.24, 2.45) is 4.99 Å². The van der Waals surface area contributed by atoms with Gasteiger partial charge in [-0.2, -0.15) is 4.99 Å². The van der Waals surface area contributed by atoms with E-state index in [2.05, 4.69) is 25.5 Å². The van der Waals surface area contributed by atoms with Gasteiger partial charge in [0.2, 0.25) is 5.96 Å². The van der Waals surface area contributed by atoms with Crippen molar-refractivity contribution in [2.45, 2.75) is 4.90 Å². The van der Waals surface area contributed by atoms with Crippen molar-refractivity contribution in [3.8, 4) is 11.3 Å². The molecule has 0 aliphatic carbocycles. The number of nitrogens with one attached hydrogen (secondary N) is 4. The highest BCUT2D eigenvalue weighted by Gasteiger charge is 2.11. The van der Waals surface area contributed by atoms with Gasteiger partial charge in [-0.05, 0) is 54.1 Å². The van der Waals surface area contributed by atoms with Gasteiger partial charge in [0.05, 0.1) is 11.6 Å². The lowest BCUT2D eigenvalue weighted by Crippen LogP contribution is -2.21. The first-order valence-corrected chi connectivity index (χ1v) is 11.7. The van der Waals surface area contributed by atoms with Crippen molar-refractivity contribution in [1.29, 1.82) is 5.41 Å². The van der Waals surface area contributed by atoms with Crippen LogP contribution in [0.4, 0.5) is 11.4 Å². The second-order valence-corrected chi connectivity index (χ2v) is 9.32. The van der Waals surface area contributed by atoms with E-state index < -0.39 is 9.84 Å². The van der Waals surface area contributed by atoms with Crippen LogP contribution in [0.2, 0.25) is 0 Å². The average molecular weight is 437 g/mol. The van der Waals surface area contributed by atoms with Crippen LogP contribution in [-0.2, 0) is 9.84 Å². The molecule has 2 heterocycles. The van der Waals surface area contributed by atoms with E-state index in [0.29, 0.717) is 5.49 Å². The largest absolute Gasteiger partial charge is 0.357 e. The molecular formula is C22H24N6O2S. The summed E-state index contributed by atoms with van der Waals surface area (Å²) in [6.45, 7) is 2.82. The molecule has 9 heteroatoms. The van der Waals surface area contributed by atoms with Crippen molar-refractivity contribution in [3.05, 3.63) is 72.2 Å². The first-order chi connectivity index (χ1) is 14.9. The van der Waals surface area contributed by atoms with Gasteiger partial charge in [-0.25, -0.2) is 8.42 Å². The lowest BCUT2D eigenvalue weighted by atomic mass is 10.1. The van der Waals surface area contributed by atoms with Gasteiger partial charge in [0.25, 0.3) is 0 Å². The van der Waals surface area contributed by atoms with Gasteiger partial charge in [-0.1, -0.05) is 18.2 Å². The third-order valence-corrected chi connectivity index (χ3v) is 6.09. The summed E-state index contributed by atoms with van der Waals surface area (Å²) in [6, 6.07) is 20.0. The molecule has 0 unspecified atom stereocenters. The number of aromatic amines is 1. The number of H-pyrrole nitrogens is 1. The zero-order chi connectivity index (χ0) is 21.8. The van der Waals surface area contributed by atoms with Gasteiger partial charge in [-0.3, -0.25) is 10.7 Å². The van der Waals surface area contributed by atoms with E-state index >= 15 is 0 Å². The third kappa shape index (κ3) is 5.19. The summed E-state index contributed by atoms with van der Waals surface area (Å²) in [5, 5.41) is 14.5. The van der Waals surface area contributed by atoms with Gasteiger partial charge in [0.1, 0.15) is 5.49 Å². The molecule has 160 valence electrons. The van der Waals surface area contributed by atoms with Gasteiger partial charge in [0, 0.05) is 36.4 Å². The second kappa shape index (κ2) is 8.75. The van der Waals surface area contributed by atoms with Crippen molar-refractivity contribution in [2.75, 3.05) is 36.2 Å². The Morgan fingerprint density at radius 1 is 1.06 bits per heavy atom. The number of hydrogen-bond acceptors (Lipinski definition) is 5. The van der Waals surface area contributed by atoms with Crippen LogP contribution in [0.15, 0.2) is 76.6 Å². The summed E-state index contributed by atoms with van der Waals surface area (Å²) >= 11 is 0. The monoisotopic (exact) mass is 436 g/mol. The van der Waals surface area contributed by atoms with Gasteiger partial charge in [0.15, 0.2) is 9.84 Å². The Hall–Kier alpha value is -3.43. The van der Waals surface area contributed by atoms with E-state index in [1.54, 1.807) is 30.3 Å². The Kier molecular flexibility index (Phi) is 5.88. The molecule has 0 saturated carbocycles. The van der Waals surface area contributed by atoms with Crippen LogP contribution in [0.25, 0.3) is 11.3 Å². The molecule has 4 rings (SSSR count). The van der Waals surface area contributed by atoms with E-state index in [1.165, 1.54) is 6.26 Å². The second-order valence-electron chi connectivity index (χ2n) is 7.30. The lowest BCUT2D eigenvalue weighted by molar-refractivity contribution is 0.602. The standard InChI is InChI=1S/C22H24N6O2S/c1-31(29,30)19-11-5-16(6-12-19)20-3-2-4-21(26-20)27-22(23)25-17-7-9-18(10-8-17)28-14-13-24-15-28/h2-12,24H,13-15H2,1H3,(H3,23,25,26,27). The number of nitrogens with zero attached hydrogens (tertiary/aromatic N) is 2. The average Bonchev–Trinajstić information content (AvgIpc) is 3.29. The molecule has 1 aromatic heterocycles. The van der Waals surface area contributed by atoms with E-state index in [-0.39, 0.29) is 10.9 Å². The number of benzene rings is 2. The van der Waals surface area contributed by atoms with Crippen molar-refractivity contribution >= 4 is 27.2 Å². The topological polar surface area (TPSA) is 113 Å². The van der Waals surface area contributed by atoms with E-state index in [4.69, 9.17) is 5.41 Å². The van der Waals surface area contributed by atoms with Crippen LogP contribution < -0.4 is 21.0 Å². The highest BCUT2D eigenvalue weighted by Crippen LogP contribution is 2.19. The van der Waals surface area contributed by atoms with Crippen molar-refractivity contribution < 1.29 is 8.42 Å². The van der Waals surface area contributed by atoms with Crippen LogP contribution in [0.1, 0.15) is 0 Å². The van der Waals surface area contributed by atoms with Gasteiger partial charge < -0.3 is 15.2 Å². The zero-order valence-corrected chi connectivity index (χ0v) is 17.9. The lowest BCUT2D eigenvalue weighted by Gasteiger charge is -2.16. The minimum absolute atomic E-state index is 0.0106. The summed E-state index contributed by atoms with van der Waals surface area (Å²) in [5.41, 5.74) is 4.05. The summed E-state index contributed by atoms with van der Waals surface area (Å²) in [5.74, 6) is 0.0106. The number of guanidine groups is 1. The van der Waals surface area contributed by atoms with Crippen LogP contribution in [0.3, 0.4) is 0 Å². The molecule has 1 fully saturated rings. The fourth-order valence-corrected chi connectivity index (χ4v) is 3.97. The highest BCUT2D eigenvalue weighted by molar-refractivity contribution is 7.90. The fourth-order valence-electron chi connectivity index (χ4n) is 3.34. The minimum Gasteiger partial charge on any atom is -0.357 e. The molecule has 3 aromatic rings. The van der Waals surface area contributed by atoms with E-state index in [1.807, 2.05) is 36.4 Å². The maximum absolute atomic E-state index is 11.6. The number of anilines is 2. The molecule has 8 nitrogen and oxygen atoms in total. The molecule has 0 bridgehead atoms. The number of pyridine rings is 1. The molecule has 4 N–H and O–H groups in total. The maximum Gasteiger partial charge on any atom is 0.221 e. The Morgan fingerprint density at radius 2 is 1.81 bits per heavy atom.